The van der Waals surface area contributed by atoms with Gasteiger partial charge in [-0.2, -0.15) is 0 Å². The molecule has 1 saturated heterocycles. The quantitative estimate of drug-likeness (QED) is 0.880. The molecule has 1 atom stereocenters. The Morgan fingerprint density at radius 1 is 1.33 bits per heavy atom. The molecule has 1 aliphatic heterocycles. The van der Waals surface area contributed by atoms with Crippen molar-refractivity contribution in [3.8, 4) is 5.75 Å². The molecule has 0 saturated carbocycles. The molecular formula is C16H17N3O2. The summed E-state index contributed by atoms with van der Waals surface area (Å²) in [5.41, 5.74) is 1.91. The first-order valence-electron chi connectivity index (χ1n) is 6.97. The lowest BCUT2D eigenvalue weighted by Crippen LogP contribution is -2.29. The van der Waals surface area contributed by atoms with Gasteiger partial charge in [-0.3, -0.25) is 9.78 Å². The summed E-state index contributed by atoms with van der Waals surface area (Å²) in [5.74, 6) is 0.818. The van der Waals surface area contributed by atoms with Gasteiger partial charge in [0.15, 0.2) is 0 Å². The molecule has 3 rings (SSSR count). The number of hydrogen-bond donors (Lipinski definition) is 2. The third-order valence-corrected chi connectivity index (χ3v) is 3.35. The lowest BCUT2D eigenvalue weighted by atomic mass is 10.2. The zero-order chi connectivity index (χ0) is 14.5. The van der Waals surface area contributed by atoms with Gasteiger partial charge >= 0.3 is 0 Å². The molecule has 1 amide bonds. The van der Waals surface area contributed by atoms with Gasteiger partial charge in [-0.25, -0.2) is 0 Å². The largest absolute Gasteiger partial charge is 0.489 e. The third-order valence-electron chi connectivity index (χ3n) is 3.35. The first-order valence-corrected chi connectivity index (χ1v) is 6.97. The number of rotatable bonds is 5. The second-order valence-corrected chi connectivity index (χ2v) is 4.95. The molecule has 0 bridgehead atoms. The summed E-state index contributed by atoms with van der Waals surface area (Å²) < 4.78 is 5.74. The second kappa shape index (κ2) is 6.26. The van der Waals surface area contributed by atoms with Crippen molar-refractivity contribution in [2.45, 2.75) is 19.1 Å². The van der Waals surface area contributed by atoms with Gasteiger partial charge in [0.05, 0.1) is 0 Å². The summed E-state index contributed by atoms with van der Waals surface area (Å²) in [5, 5.41) is 6.04. The number of nitrogens with one attached hydrogen (secondary N) is 2. The maximum absolute atomic E-state index is 11.6. The van der Waals surface area contributed by atoms with E-state index in [-0.39, 0.29) is 11.9 Å². The molecule has 5 heteroatoms. The van der Waals surface area contributed by atoms with Crippen molar-refractivity contribution in [2.75, 3.05) is 11.9 Å². The number of carbonyl (C=O) groups excluding carboxylic acids is 1. The lowest BCUT2D eigenvalue weighted by molar-refractivity contribution is -0.119. The molecule has 1 unspecified atom stereocenters. The van der Waals surface area contributed by atoms with Crippen LogP contribution in [-0.2, 0) is 11.4 Å². The summed E-state index contributed by atoms with van der Waals surface area (Å²) in [6.07, 6.45) is 4.32. The Balaban J connectivity index is 1.61. The van der Waals surface area contributed by atoms with E-state index in [9.17, 15) is 4.79 Å². The van der Waals surface area contributed by atoms with Gasteiger partial charge in [0.2, 0.25) is 5.91 Å². The number of pyridine rings is 1. The van der Waals surface area contributed by atoms with E-state index < -0.39 is 0 Å². The highest BCUT2D eigenvalue weighted by atomic mass is 16.5. The zero-order valence-electron chi connectivity index (χ0n) is 11.6. The average Bonchev–Trinajstić information content (AvgIpc) is 2.92. The van der Waals surface area contributed by atoms with Crippen LogP contribution < -0.4 is 15.4 Å². The first kappa shape index (κ1) is 13.4. The van der Waals surface area contributed by atoms with Crippen molar-refractivity contribution < 1.29 is 9.53 Å². The average molecular weight is 283 g/mol. The van der Waals surface area contributed by atoms with E-state index in [4.69, 9.17) is 4.74 Å². The molecule has 108 valence electrons. The predicted molar refractivity (Wildman–Crippen MR) is 80.0 cm³/mol. The van der Waals surface area contributed by atoms with E-state index in [1.165, 1.54) is 0 Å². The van der Waals surface area contributed by atoms with Crippen LogP contribution in [0.5, 0.6) is 5.75 Å². The summed E-state index contributed by atoms with van der Waals surface area (Å²) in [6, 6.07) is 11.3. The van der Waals surface area contributed by atoms with Gasteiger partial charge in [-0.1, -0.05) is 12.1 Å². The van der Waals surface area contributed by atoms with Crippen LogP contribution >= 0.6 is 0 Å². The predicted octanol–water partition coefficient (Wildman–Crippen LogP) is 1.96. The number of aromatic nitrogens is 1. The van der Waals surface area contributed by atoms with Crippen LogP contribution in [0.3, 0.4) is 0 Å². The fourth-order valence-electron chi connectivity index (χ4n) is 2.26. The van der Waals surface area contributed by atoms with Gasteiger partial charge in [0.1, 0.15) is 18.4 Å². The van der Waals surface area contributed by atoms with Crippen molar-refractivity contribution >= 4 is 11.6 Å². The van der Waals surface area contributed by atoms with Crippen molar-refractivity contribution in [1.29, 1.82) is 0 Å². The van der Waals surface area contributed by atoms with Gasteiger partial charge < -0.3 is 15.4 Å². The van der Waals surface area contributed by atoms with E-state index in [1.54, 1.807) is 12.4 Å². The molecule has 1 aromatic carbocycles. The van der Waals surface area contributed by atoms with Crippen molar-refractivity contribution in [2.24, 2.45) is 0 Å². The number of anilines is 1. The Kier molecular flexibility index (Phi) is 4.00. The monoisotopic (exact) mass is 283 g/mol. The molecule has 5 nitrogen and oxygen atoms in total. The van der Waals surface area contributed by atoms with Crippen molar-refractivity contribution in [3.05, 3.63) is 54.4 Å². The fraction of sp³-hybridized carbons (Fsp3) is 0.250. The Hall–Kier alpha value is -2.56. The number of hydrogen-bond acceptors (Lipinski definition) is 4. The van der Waals surface area contributed by atoms with Crippen molar-refractivity contribution in [1.82, 2.24) is 10.3 Å². The van der Waals surface area contributed by atoms with Crippen LogP contribution in [0.4, 0.5) is 5.69 Å². The number of amides is 1. The van der Waals surface area contributed by atoms with E-state index in [0.717, 1.165) is 30.0 Å². The van der Waals surface area contributed by atoms with Crippen LogP contribution in [-0.4, -0.2) is 23.5 Å². The van der Waals surface area contributed by atoms with Crippen molar-refractivity contribution in [3.63, 3.8) is 0 Å². The minimum atomic E-state index is -0.154. The minimum Gasteiger partial charge on any atom is -0.489 e. The molecule has 2 aromatic rings. The number of nitrogens with zero attached hydrogens (tertiary/aromatic N) is 1. The number of benzene rings is 1. The highest BCUT2D eigenvalue weighted by Gasteiger charge is 2.23. The summed E-state index contributed by atoms with van der Waals surface area (Å²) in [6.45, 7) is 1.20. The normalized spacial score (nSPS) is 17.3. The number of ether oxygens (including phenoxy) is 1. The third kappa shape index (κ3) is 3.51. The van der Waals surface area contributed by atoms with Crippen LogP contribution in [0.2, 0.25) is 0 Å². The lowest BCUT2D eigenvalue weighted by Gasteiger charge is -2.13. The molecule has 1 fully saturated rings. The standard InChI is InChI=1S/C16H17N3O2/c20-16-15(6-8-18-16)19-13-4-1-5-14(9-13)21-11-12-3-2-7-17-10-12/h1-5,7,9-10,15,19H,6,8,11H2,(H,18,20). The SMILES string of the molecule is O=C1NCCC1Nc1cccc(OCc2cccnc2)c1. The Morgan fingerprint density at radius 3 is 3.05 bits per heavy atom. The highest BCUT2D eigenvalue weighted by Crippen LogP contribution is 2.20. The van der Waals surface area contributed by atoms with Gasteiger partial charge in [0.25, 0.3) is 0 Å². The van der Waals surface area contributed by atoms with Crippen LogP contribution in [0.25, 0.3) is 0 Å². The van der Waals surface area contributed by atoms with Gasteiger partial charge in [0, 0.05) is 36.3 Å². The van der Waals surface area contributed by atoms with Gasteiger partial charge in [-0.15, -0.1) is 0 Å². The van der Waals surface area contributed by atoms with E-state index in [1.807, 2.05) is 36.4 Å². The molecule has 0 aliphatic carbocycles. The summed E-state index contributed by atoms with van der Waals surface area (Å²) in [7, 11) is 0. The molecule has 0 spiro atoms. The smallest absolute Gasteiger partial charge is 0.242 e. The second-order valence-electron chi connectivity index (χ2n) is 4.95. The Labute approximate surface area is 123 Å². The molecular weight excluding hydrogens is 266 g/mol. The van der Waals surface area contributed by atoms with Crippen LogP contribution in [0, 0.1) is 0 Å². The van der Waals surface area contributed by atoms with Crippen LogP contribution in [0.1, 0.15) is 12.0 Å². The Morgan fingerprint density at radius 2 is 2.29 bits per heavy atom. The minimum absolute atomic E-state index is 0.0525. The van der Waals surface area contributed by atoms with E-state index in [2.05, 4.69) is 15.6 Å². The fourth-order valence-corrected chi connectivity index (χ4v) is 2.26. The summed E-state index contributed by atoms with van der Waals surface area (Å²) >= 11 is 0. The number of carbonyl (C=O) groups is 1. The topological polar surface area (TPSA) is 63.2 Å². The molecule has 1 aromatic heterocycles. The Bertz CT molecular complexity index is 616. The summed E-state index contributed by atoms with van der Waals surface area (Å²) in [4.78, 5) is 15.6. The van der Waals surface area contributed by atoms with Crippen LogP contribution in [0.15, 0.2) is 48.8 Å². The highest BCUT2D eigenvalue weighted by molar-refractivity contribution is 5.86. The van der Waals surface area contributed by atoms with E-state index in [0.29, 0.717) is 6.61 Å². The molecule has 2 N–H and O–H groups in total. The maximum Gasteiger partial charge on any atom is 0.242 e. The van der Waals surface area contributed by atoms with E-state index >= 15 is 0 Å². The molecule has 21 heavy (non-hydrogen) atoms. The van der Waals surface area contributed by atoms with Gasteiger partial charge in [-0.05, 0) is 24.6 Å². The molecule has 0 radical (unpaired) electrons. The first-order chi connectivity index (χ1) is 10.3. The zero-order valence-corrected chi connectivity index (χ0v) is 11.6. The molecule has 2 heterocycles. The molecule has 1 aliphatic rings. The maximum atomic E-state index is 11.6.